The van der Waals surface area contributed by atoms with Gasteiger partial charge in [-0.25, -0.2) is 13.1 Å². The van der Waals surface area contributed by atoms with Crippen LogP contribution in [-0.2, 0) is 10.0 Å². The zero-order chi connectivity index (χ0) is 15.0. The molecular formula is C14H22ClNO2S. The van der Waals surface area contributed by atoms with E-state index < -0.39 is 15.6 Å². The third-order valence-electron chi connectivity index (χ3n) is 2.72. The van der Waals surface area contributed by atoms with Crippen molar-refractivity contribution in [2.45, 2.75) is 57.9 Å². The van der Waals surface area contributed by atoms with E-state index in [1.165, 1.54) is 0 Å². The van der Waals surface area contributed by atoms with E-state index in [-0.39, 0.29) is 10.8 Å². The van der Waals surface area contributed by atoms with Crippen molar-refractivity contribution in [1.29, 1.82) is 0 Å². The fraction of sp³-hybridized carbons (Fsp3) is 0.571. The molecule has 5 heteroatoms. The Labute approximate surface area is 121 Å². The minimum absolute atomic E-state index is 0.247. The fourth-order valence-corrected chi connectivity index (χ4v) is 3.99. The summed E-state index contributed by atoms with van der Waals surface area (Å²) in [5.41, 5.74) is 1.05. The van der Waals surface area contributed by atoms with E-state index in [4.69, 9.17) is 11.6 Å². The average Bonchev–Trinajstić information content (AvgIpc) is 2.17. The summed E-state index contributed by atoms with van der Waals surface area (Å²) in [6.07, 6.45) is 0. The van der Waals surface area contributed by atoms with Crippen LogP contribution in [0.15, 0.2) is 17.0 Å². The Morgan fingerprint density at radius 3 is 2.16 bits per heavy atom. The second kappa shape index (κ2) is 5.43. The lowest BCUT2D eigenvalue weighted by atomic mass is 10.0. The van der Waals surface area contributed by atoms with Crippen LogP contribution in [0.4, 0.5) is 0 Å². The molecule has 1 aromatic carbocycles. The molecule has 0 fully saturated rings. The Balaban J connectivity index is 3.35. The van der Waals surface area contributed by atoms with Crippen molar-refractivity contribution in [3.63, 3.8) is 0 Å². The fourth-order valence-electron chi connectivity index (χ4n) is 1.88. The molecule has 19 heavy (non-hydrogen) atoms. The third kappa shape index (κ3) is 3.94. The van der Waals surface area contributed by atoms with Crippen LogP contribution < -0.4 is 4.72 Å². The van der Waals surface area contributed by atoms with Gasteiger partial charge in [0.05, 0.1) is 4.90 Å². The standard InChI is InChI=1S/C14H22ClNO2S/c1-9(2)11-7-8-12(10(3)13(11)15)19(17,18)16-14(4,5)6/h7-9,16H,1-6H3. The van der Waals surface area contributed by atoms with E-state index in [1.807, 2.05) is 34.6 Å². The van der Waals surface area contributed by atoms with Crippen LogP contribution in [0.2, 0.25) is 5.02 Å². The number of sulfonamides is 1. The summed E-state index contributed by atoms with van der Waals surface area (Å²) in [7, 11) is -3.55. The molecule has 0 spiro atoms. The van der Waals surface area contributed by atoms with E-state index in [0.29, 0.717) is 10.6 Å². The summed E-state index contributed by atoms with van der Waals surface area (Å²) in [5, 5.41) is 0.534. The largest absolute Gasteiger partial charge is 0.241 e. The first-order valence-electron chi connectivity index (χ1n) is 6.28. The predicted octanol–water partition coefficient (Wildman–Crippen LogP) is 3.85. The number of nitrogens with one attached hydrogen (secondary N) is 1. The van der Waals surface area contributed by atoms with Gasteiger partial charge in [-0.15, -0.1) is 0 Å². The van der Waals surface area contributed by atoms with E-state index in [9.17, 15) is 8.42 Å². The Kier molecular flexibility index (Phi) is 4.71. The minimum Gasteiger partial charge on any atom is -0.207 e. The molecule has 0 unspecified atom stereocenters. The van der Waals surface area contributed by atoms with Gasteiger partial charge in [-0.3, -0.25) is 0 Å². The second-order valence-electron chi connectivity index (χ2n) is 6.10. The van der Waals surface area contributed by atoms with Gasteiger partial charge in [0.1, 0.15) is 0 Å². The second-order valence-corrected chi connectivity index (χ2v) is 8.13. The molecule has 1 aromatic rings. The van der Waals surface area contributed by atoms with Crippen LogP contribution in [0.3, 0.4) is 0 Å². The van der Waals surface area contributed by atoms with Gasteiger partial charge in [0.2, 0.25) is 10.0 Å². The van der Waals surface area contributed by atoms with Gasteiger partial charge in [-0.05, 0) is 50.8 Å². The van der Waals surface area contributed by atoms with Crippen LogP contribution >= 0.6 is 11.6 Å². The van der Waals surface area contributed by atoms with Gasteiger partial charge in [0, 0.05) is 10.6 Å². The SMILES string of the molecule is Cc1c(S(=O)(=O)NC(C)(C)C)ccc(C(C)C)c1Cl. The zero-order valence-electron chi connectivity index (χ0n) is 12.3. The van der Waals surface area contributed by atoms with Gasteiger partial charge < -0.3 is 0 Å². The van der Waals surface area contributed by atoms with Crippen molar-refractivity contribution in [2.75, 3.05) is 0 Å². The highest BCUT2D eigenvalue weighted by Crippen LogP contribution is 2.31. The maximum absolute atomic E-state index is 12.3. The Morgan fingerprint density at radius 2 is 1.74 bits per heavy atom. The highest BCUT2D eigenvalue weighted by atomic mass is 35.5. The molecule has 0 bridgehead atoms. The number of halogens is 1. The molecule has 1 rings (SSSR count). The molecule has 0 aliphatic rings. The van der Waals surface area contributed by atoms with E-state index >= 15 is 0 Å². The monoisotopic (exact) mass is 303 g/mol. The number of hydrogen-bond acceptors (Lipinski definition) is 2. The molecule has 0 radical (unpaired) electrons. The van der Waals surface area contributed by atoms with Crippen molar-refractivity contribution < 1.29 is 8.42 Å². The molecule has 1 N–H and O–H groups in total. The first-order chi connectivity index (χ1) is 8.46. The molecule has 0 aromatic heterocycles. The summed E-state index contributed by atoms with van der Waals surface area (Å²) in [6.45, 7) is 11.2. The van der Waals surface area contributed by atoms with Gasteiger partial charge in [-0.2, -0.15) is 0 Å². The number of rotatable bonds is 3. The number of hydrogen-bond donors (Lipinski definition) is 1. The summed E-state index contributed by atoms with van der Waals surface area (Å²) < 4.78 is 27.3. The van der Waals surface area contributed by atoms with Crippen molar-refractivity contribution >= 4 is 21.6 Å². The molecule has 0 atom stereocenters. The molecule has 108 valence electrons. The molecule has 0 saturated carbocycles. The lowest BCUT2D eigenvalue weighted by molar-refractivity contribution is 0.491. The molecule has 0 amide bonds. The minimum atomic E-state index is -3.55. The van der Waals surface area contributed by atoms with Crippen LogP contribution in [0.5, 0.6) is 0 Å². The smallest absolute Gasteiger partial charge is 0.207 e. The maximum atomic E-state index is 12.3. The molecule has 0 aliphatic carbocycles. The summed E-state index contributed by atoms with van der Waals surface area (Å²) >= 11 is 6.28. The Bertz CT molecular complexity index is 572. The zero-order valence-corrected chi connectivity index (χ0v) is 13.9. The lowest BCUT2D eigenvalue weighted by Crippen LogP contribution is -2.40. The number of benzene rings is 1. The highest BCUT2D eigenvalue weighted by Gasteiger charge is 2.25. The van der Waals surface area contributed by atoms with E-state index in [1.54, 1.807) is 19.1 Å². The van der Waals surface area contributed by atoms with Crippen molar-refractivity contribution in [2.24, 2.45) is 0 Å². The molecule has 3 nitrogen and oxygen atoms in total. The van der Waals surface area contributed by atoms with Gasteiger partial charge in [0.25, 0.3) is 0 Å². The molecule has 0 saturated heterocycles. The van der Waals surface area contributed by atoms with Crippen LogP contribution in [0, 0.1) is 6.92 Å². The van der Waals surface area contributed by atoms with Crippen molar-refractivity contribution in [3.8, 4) is 0 Å². The predicted molar refractivity (Wildman–Crippen MR) is 80.4 cm³/mol. The van der Waals surface area contributed by atoms with Gasteiger partial charge in [0.15, 0.2) is 0 Å². The first-order valence-corrected chi connectivity index (χ1v) is 8.15. The van der Waals surface area contributed by atoms with Crippen LogP contribution in [0.1, 0.15) is 51.7 Å². The highest BCUT2D eigenvalue weighted by molar-refractivity contribution is 7.89. The van der Waals surface area contributed by atoms with Crippen molar-refractivity contribution in [1.82, 2.24) is 4.72 Å². The first kappa shape index (κ1) is 16.5. The van der Waals surface area contributed by atoms with Gasteiger partial charge >= 0.3 is 0 Å². The summed E-state index contributed by atoms with van der Waals surface area (Å²) in [6, 6.07) is 3.42. The lowest BCUT2D eigenvalue weighted by Gasteiger charge is -2.22. The van der Waals surface area contributed by atoms with Crippen LogP contribution in [0.25, 0.3) is 0 Å². The summed E-state index contributed by atoms with van der Waals surface area (Å²) in [5.74, 6) is 0.263. The maximum Gasteiger partial charge on any atom is 0.241 e. The Hall–Kier alpha value is -0.580. The van der Waals surface area contributed by atoms with E-state index in [2.05, 4.69) is 4.72 Å². The normalized spacial score (nSPS) is 13.1. The van der Waals surface area contributed by atoms with Crippen molar-refractivity contribution in [3.05, 3.63) is 28.3 Å². The quantitative estimate of drug-likeness (QED) is 0.922. The van der Waals surface area contributed by atoms with E-state index in [0.717, 1.165) is 5.56 Å². The average molecular weight is 304 g/mol. The molecule has 0 aliphatic heterocycles. The third-order valence-corrected chi connectivity index (χ3v) is 5.12. The molecular weight excluding hydrogens is 282 g/mol. The topological polar surface area (TPSA) is 46.2 Å². The summed E-state index contributed by atoms with van der Waals surface area (Å²) in [4.78, 5) is 0.247. The molecule has 0 heterocycles. The van der Waals surface area contributed by atoms with Crippen LogP contribution in [-0.4, -0.2) is 14.0 Å². The van der Waals surface area contributed by atoms with Gasteiger partial charge in [-0.1, -0.05) is 31.5 Å². The Morgan fingerprint density at radius 1 is 1.21 bits per heavy atom.